The average molecular weight is 276 g/mol. The predicted octanol–water partition coefficient (Wildman–Crippen LogP) is 1.73. The Morgan fingerprint density at radius 2 is 2.15 bits per heavy atom. The molecule has 0 unspecified atom stereocenters. The van der Waals surface area contributed by atoms with Crippen molar-refractivity contribution >= 4 is 11.6 Å². The van der Waals surface area contributed by atoms with E-state index in [0.717, 1.165) is 31.9 Å². The van der Waals surface area contributed by atoms with E-state index in [2.05, 4.69) is 20.5 Å². The van der Waals surface area contributed by atoms with Crippen LogP contribution in [-0.2, 0) is 0 Å². The highest BCUT2D eigenvalue weighted by molar-refractivity contribution is 5.93. The lowest BCUT2D eigenvalue weighted by atomic mass is 10.1. The molecule has 1 saturated heterocycles. The van der Waals surface area contributed by atoms with Crippen molar-refractivity contribution in [3.8, 4) is 0 Å². The summed E-state index contributed by atoms with van der Waals surface area (Å²) in [6, 6.07) is 3.66. The Morgan fingerprint density at radius 1 is 1.35 bits per heavy atom. The van der Waals surface area contributed by atoms with Crippen molar-refractivity contribution in [3.05, 3.63) is 24.0 Å². The van der Waals surface area contributed by atoms with Gasteiger partial charge in [-0.1, -0.05) is 6.42 Å². The van der Waals surface area contributed by atoms with E-state index < -0.39 is 0 Å². The van der Waals surface area contributed by atoms with Crippen molar-refractivity contribution in [3.63, 3.8) is 0 Å². The lowest BCUT2D eigenvalue weighted by Gasteiger charge is -2.26. The quantitative estimate of drug-likeness (QED) is 0.831. The number of hydrogen-bond acceptors (Lipinski definition) is 4. The lowest BCUT2D eigenvalue weighted by molar-refractivity contribution is 0.0941. The zero-order valence-electron chi connectivity index (χ0n) is 12.2. The predicted molar refractivity (Wildman–Crippen MR) is 81.0 cm³/mol. The van der Waals surface area contributed by atoms with Gasteiger partial charge in [-0.25, -0.2) is 0 Å². The molecule has 0 atom stereocenters. The molecular formula is C15H24N4O. The van der Waals surface area contributed by atoms with E-state index in [1.165, 1.54) is 19.3 Å². The molecule has 1 aromatic rings. The SMILES string of the molecule is CCNc1ccnc(C(=O)NCCN2CCCCC2)c1. The van der Waals surface area contributed by atoms with Gasteiger partial charge in [0.05, 0.1) is 0 Å². The highest BCUT2D eigenvalue weighted by Gasteiger charge is 2.11. The molecule has 5 nitrogen and oxygen atoms in total. The number of likely N-dealkylation sites (tertiary alicyclic amines) is 1. The molecule has 2 heterocycles. The number of pyridine rings is 1. The van der Waals surface area contributed by atoms with Crippen molar-refractivity contribution in [1.82, 2.24) is 15.2 Å². The lowest BCUT2D eigenvalue weighted by Crippen LogP contribution is -2.37. The van der Waals surface area contributed by atoms with Gasteiger partial charge >= 0.3 is 0 Å². The number of anilines is 1. The third-order valence-corrected chi connectivity index (χ3v) is 3.54. The van der Waals surface area contributed by atoms with Gasteiger partial charge in [-0.05, 0) is 45.0 Å². The maximum atomic E-state index is 12.0. The van der Waals surface area contributed by atoms with E-state index in [1.807, 2.05) is 13.0 Å². The van der Waals surface area contributed by atoms with E-state index in [0.29, 0.717) is 12.2 Å². The molecule has 2 rings (SSSR count). The minimum atomic E-state index is -0.0956. The third kappa shape index (κ3) is 4.49. The maximum absolute atomic E-state index is 12.0. The highest BCUT2D eigenvalue weighted by atomic mass is 16.1. The summed E-state index contributed by atoms with van der Waals surface area (Å²) in [4.78, 5) is 18.6. The Labute approximate surface area is 120 Å². The van der Waals surface area contributed by atoms with Crippen molar-refractivity contribution in [2.75, 3.05) is 38.0 Å². The summed E-state index contributed by atoms with van der Waals surface area (Å²) < 4.78 is 0. The first-order chi connectivity index (χ1) is 9.79. The molecule has 0 radical (unpaired) electrons. The molecule has 1 aliphatic heterocycles. The number of nitrogens with one attached hydrogen (secondary N) is 2. The second-order valence-electron chi connectivity index (χ2n) is 5.12. The molecule has 1 fully saturated rings. The fraction of sp³-hybridized carbons (Fsp3) is 0.600. The Kier molecular flexibility index (Phi) is 5.80. The number of carbonyl (C=O) groups is 1. The normalized spacial score (nSPS) is 15.8. The van der Waals surface area contributed by atoms with Gasteiger partial charge in [-0.15, -0.1) is 0 Å². The first kappa shape index (κ1) is 14.8. The van der Waals surface area contributed by atoms with Gasteiger partial charge < -0.3 is 15.5 Å². The second kappa shape index (κ2) is 7.85. The van der Waals surface area contributed by atoms with Crippen LogP contribution in [0.4, 0.5) is 5.69 Å². The van der Waals surface area contributed by atoms with Gasteiger partial charge in [0.25, 0.3) is 5.91 Å². The van der Waals surface area contributed by atoms with Crippen LogP contribution in [-0.4, -0.2) is 48.5 Å². The third-order valence-electron chi connectivity index (χ3n) is 3.54. The summed E-state index contributed by atoms with van der Waals surface area (Å²) in [5.41, 5.74) is 1.41. The molecule has 0 spiro atoms. The molecule has 1 aromatic heterocycles. The van der Waals surface area contributed by atoms with Crippen LogP contribution < -0.4 is 10.6 Å². The summed E-state index contributed by atoms with van der Waals surface area (Å²) in [5.74, 6) is -0.0956. The number of hydrogen-bond donors (Lipinski definition) is 2. The van der Waals surface area contributed by atoms with Gasteiger partial charge in [0.1, 0.15) is 5.69 Å². The number of amides is 1. The first-order valence-electron chi connectivity index (χ1n) is 7.50. The molecule has 110 valence electrons. The Hall–Kier alpha value is -1.62. The van der Waals surface area contributed by atoms with Crippen LogP contribution in [0.5, 0.6) is 0 Å². The van der Waals surface area contributed by atoms with Gasteiger partial charge in [-0.2, -0.15) is 0 Å². The Bertz CT molecular complexity index is 430. The Balaban J connectivity index is 1.77. The van der Waals surface area contributed by atoms with E-state index >= 15 is 0 Å². The zero-order valence-corrected chi connectivity index (χ0v) is 12.2. The van der Waals surface area contributed by atoms with Gasteiger partial charge in [0, 0.05) is 31.5 Å². The van der Waals surface area contributed by atoms with Crippen LogP contribution in [0.1, 0.15) is 36.7 Å². The smallest absolute Gasteiger partial charge is 0.269 e. The molecule has 1 amide bonds. The molecule has 0 aliphatic carbocycles. The largest absolute Gasteiger partial charge is 0.385 e. The van der Waals surface area contributed by atoms with Crippen LogP contribution in [0.15, 0.2) is 18.3 Å². The summed E-state index contributed by atoms with van der Waals surface area (Å²) in [6.45, 7) is 6.79. The van der Waals surface area contributed by atoms with Crippen molar-refractivity contribution in [1.29, 1.82) is 0 Å². The van der Waals surface area contributed by atoms with E-state index in [9.17, 15) is 4.79 Å². The minimum Gasteiger partial charge on any atom is -0.385 e. The van der Waals surface area contributed by atoms with E-state index in [-0.39, 0.29) is 5.91 Å². The number of aromatic nitrogens is 1. The van der Waals surface area contributed by atoms with Crippen molar-refractivity contribution in [2.45, 2.75) is 26.2 Å². The van der Waals surface area contributed by atoms with Gasteiger partial charge in [0.15, 0.2) is 0 Å². The number of carbonyl (C=O) groups excluding carboxylic acids is 1. The van der Waals surface area contributed by atoms with Gasteiger partial charge in [-0.3, -0.25) is 9.78 Å². The first-order valence-corrected chi connectivity index (χ1v) is 7.50. The molecule has 20 heavy (non-hydrogen) atoms. The molecule has 0 saturated carbocycles. The highest BCUT2D eigenvalue weighted by Crippen LogP contribution is 2.08. The number of nitrogens with zero attached hydrogens (tertiary/aromatic N) is 2. The van der Waals surface area contributed by atoms with Crippen LogP contribution in [0, 0.1) is 0 Å². The van der Waals surface area contributed by atoms with E-state index in [4.69, 9.17) is 0 Å². The number of rotatable bonds is 6. The molecule has 2 N–H and O–H groups in total. The summed E-state index contributed by atoms with van der Waals surface area (Å²) >= 11 is 0. The average Bonchev–Trinajstić information content (AvgIpc) is 2.49. The van der Waals surface area contributed by atoms with Crippen LogP contribution >= 0.6 is 0 Å². The molecule has 1 aliphatic rings. The molecule has 0 bridgehead atoms. The number of piperidine rings is 1. The summed E-state index contributed by atoms with van der Waals surface area (Å²) in [7, 11) is 0. The summed E-state index contributed by atoms with van der Waals surface area (Å²) in [5, 5.41) is 6.13. The molecule has 0 aromatic carbocycles. The fourth-order valence-electron chi connectivity index (χ4n) is 2.47. The summed E-state index contributed by atoms with van der Waals surface area (Å²) in [6.07, 6.45) is 5.56. The maximum Gasteiger partial charge on any atom is 0.269 e. The molecule has 5 heteroatoms. The van der Waals surface area contributed by atoms with Crippen LogP contribution in [0.25, 0.3) is 0 Å². The van der Waals surface area contributed by atoms with Gasteiger partial charge in [0.2, 0.25) is 0 Å². The van der Waals surface area contributed by atoms with Crippen molar-refractivity contribution < 1.29 is 4.79 Å². The Morgan fingerprint density at radius 3 is 2.90 bits per heavy atom. The second-order valence-corrected chi connectivity index (χ2v) is 5.12. The monoisotopic (exact) mass is 276 g/mol. The fourth-order valence-corrected chi connectivity index (χ4v) is 2.47. The zero-order chi connectivity index (χ0) is 14.2. The van der Waals surface area contributed by atoms with E-state index in [1.54, 1.807) is 12.3 Å². The van der Waals surface area contributed by atoms with Crippen LogP contribution in [0.3, 0.4) is 0 Å². The topological polar surface area (TPSA) is 57.3 Å². The minimum absolute atomic E-state index is 0.0956. The molecular weight excluding hydrogens is 252 g/mol. The van der Waals surface area contributed by atoms with Crippen molar-refractivity contribution in [2.24, 2.45) is 0 Å². The standard InChI is InChI=1S/C15H24N4O/c1-2-16-13-6-7-17-14(12-13)15(20)18-8-11-19-9-4-3-5-10-19/h6-7,12H,2-5,8-11H2,1H3,(H,16,17)(H,18,20). The van der Waals surface area contributed by atoms with Crippen LogP contribution in [0.2, 0.25) is 0 Å².